The van der Waals surface area contributed by atoms with Crippen LogP contribution in [0.1, 0.15) is 0 Å². The smallest absolute Gasteiger partial charge is 0.143 e. The molecule has 0 radical (unpaired) electrons. The molecule has 0 bridgehead atoms. The van der Waals surface area contributed by atoms with Gasteiger partial charge in [0, 0.05) is 49.4 Å². The molecule has 0 amide bonds. The van der Waals surface area contributed by atoms with Gasteiger partial charge >= 0.3 is 0 Å². The largest absolute Gasteiger partial charge is 0.456 e. The van der Waals surface area contributed by atoms with E-state index < -0.39 is 0 Å². The predicted molar refractivity (Wildman–Crippen MR) is 214 cm³/mol. The molecule has 244 valence electrons. The Morgan fingerprint density at radius 2 is 0.904 bits per heavy atom. The molecule has 0 fully saturated rings. The summed E-state index contributed by atoms with van der Waals surface area (Å²) in [6.45, 7) is 0. The van der Waals surface area contributed by atoms with Crippen LogP contribution in [-0.2, 0) is 0 Å². The molecule has 11 rings (SSSR count). The minimum absolute atomic E-state index is 0.831. The zero-order valence-electron chi connectivity index (χ0n) is 27.9. The summed E-state index contributed by atoms with van der Waals surface area (Å²) in [5.74, 6) is 0. The summed E-state index contributed by atoms with van der Waals surface area (Å²) in [7, 11) is 0. The highest BCUT2D eigenvalue weighted by Crippen LogP contribution is 2.46. The number of anilines is 3. The zero-order chi connectivity index (χ0) is 34.2. The molecule has 0 saturated heterocycles. The number of rotatable bonds is 5. The summed E-state index contributed by atoms with van der Waals surface area (Å²) in [5, 5.41) is 6.49. The van der Waals surface area contributed by atoms with Gasteiger partial charge in [-0.05, 0) is 71.8 Å². The fourth-order valence-corrected chi connectivity index (χ4v) is 8.00. The van der Waals surface area contributed by atoms with E-state index in [1.54, 1.807) is 0 Å². The van der Waals surface area contributed by atoms with Gasteiger partial charge in [-0.25, -0.2) is 0 Å². The second kappa shape index (κ2) is 11.2. The van der Waals surface area contributed by atoms with Gasteiger partial charge in [-0.15, -0.1) is 0 Å². The van der Waals surface area contributed by atoms with Crippen molar-refractivity contribution in [2.45, 2.75) is 0 Å². The molecule has 0 N–H and O–H groups in total. The number of furan rings is 3. The molecule has 3 heterocycles. The van der Waals surface area contributed by atoms with E-state index in [1.165, 1.54) is 0 Å². The third kappa shape index (κ3) is 4.28. The molecular weight excluding hydrogens is 639 g/mol. The van der Waals surface area contributed by atoms with E-state index in [0.29, 0.717) is 0 Å². The Labute approximate surface area is 298 Å². The first-order valence-corrected chi connectivity index (χ1v) is 17.5. The van der Waals surface area contributed by atoms with Crippen molar-refractivity contribution in [3.63, 3.8) is 0 Å². The quantitative estimate of drug-likeness (QED) is 0.183. The lowest BCUT2D eigenvalue weighted by molar-refractivity contribution is 0.668. The summed E-state index contributed by atoms with van der Waals surface area (Å²) in [5.41, 5.74) is 12.5. The van der Waals surface area contributed by atoms with Gasteiger partial charge in [-0.2, -0.15) is 0 Å². The lowest BCUT2D eigenvalue weighted by Gasteiger charge is -2.26. The van der Waals surface area contributed by atoms with Crippen LogP contribution in [0.5, 0.6) is 0 Å². The van der Waals surface area contributed by atoms with Crippen LogP contribution in [-0.4, -0.2) is 0 Å². The van der Waals surface area contributed by atoms with E-state index in [2.05, 4.69) is 150 Å². The van der Waals surface area contributed by atoms with Crippen molar-refractivity contribution in [3.05, 3.63) is 176 Å². The zero-order valence-corrected chi connectivity index (χ0v) is 27.9. The fraction of sp³-hybridized carbons (Fsp3) is 0. The number of hydrogen-bond acceptors (Lipinski definition) is 4. The molecule has 0 atom stereocenters. The molecule has 11 aromatic rings. The molecule has 4 nitrogen and oxygen atoms in total. The molecule has 0 spiro atoms. The Bertz CT molecular complexity index is 3090. The van der Waals surface area contributed by atoms with Crippen LogP contribution in [0.2, 0.25) is 0 Å². The predicted octanol–water partition coefficient (Wildman–Crippen LogP) is 14.2. The first-order valence-electron chi connectivity index (χ1n) is 17.5. The average molecular weight is 668 g/mol. The van der Waals surface area contributed by atoms with E-state index in [0.717, 1.165) is 105 Å². The lowest BCUT2D eigenvalue weighted by Crippen LogP contribution is -2.09. The third-order valence-corrected chi connectivity index (χ3v) is 10.3. The normalized spacial score (nSPS) is 11.8. The van der Waals surface area contributed by atoms with Crippen molar-refractivity contribution >= 4 is 82.9 Å². The van der Waals surface area contributed by atoms with Gasteiger partial charge in [0.25, 0.3) is 0 Å². The van der Waals surface area contributed by atoms with Crippen molar-refractivity contribution in [3.8, 4) is 22.3 Å². The van der Waals surface area contributed by atoms with Gasteiger partial charge in [0.1, 0.15) is 33.5 Å². The molecule has 0 aliphatic rings. The van der Waals surface area contributed by atoms with Crippen molar-refractivity contribution in [1.82, 2.24) is 0 Å². The maximum Gasteiger partial charge on any atom is 0.143 e. The molecule has 3 aromatic heterocycles. The standard InChI is InChI=1S/C48H29NO3/c1-3-13-31(14-4-1)49(32-15-5-2-6-16-32)40-23-12-26-43-46(40)39-22-9-18-33(47(39)51-43)30-27-28-34-36-20-10-21-37(48(36)52-44(34)29-30)35-19-11-25-42-45(35)38-17-7-8-24-41(38)50-42/h1-29H. The summed E-state index contributed by atoms with van der Waals surface area (Å²) in [6.07, 6.45) is 0. The molecule has 8 aromatic carbocycles. The summed E-state index contributed by atoms with van der Waals surface area (Å²) in [4.78, 5) is 2.30. The van der Waals surface area contributed by atoms with E-state index >= 15 is 0 Å². The topological polar surface area (TPSA) is 42.7 Å². The highest BCUT2D eigenvalue weighted by Gasteiger charge is 2.22. The van der Waals surface area contributed by atoms with Crippen molar-refractivity contribution in [2.24, 2.45) is 0 Å². The van der Waals surface area contributed by atoms with Gasteiger partial charge in [-0.1, -0.05) is 115 Å². The Hall–Kier alpha value is -7.04. The highest BCUT2D eigenvalue weighted by atomic mass is 16.3. The third-order valence-electron chi connectivity index (χ3n) is 10.3. The number of nitrogens with zero attached hydrogens (tertiary/aromatic N) is 1. The van der Waals surface area contributed by atoms with E-state index in [4.69, 9.17) is 13.3 Å². The van der Waals surface area contributed by atoms with Crippen LogP contribution in [0.15, 0.2) is 189 Å². The van der Waals surface area contributed by atoms with Crippen LogP contribution < -0.4 is 4.90 Å². The van der Waals surface area contributed by atoms with Crippen LogP contribution in [0, 0.1) is 0 Å². The van der Waals surface area contributed by atoms with E-state index in [9.17, 15) is 0 Å². The number of fused-ring (bicyclic) bond motifs is 9. The molecule has 52 heavy (non-hydrogen) atoms. The van der Waals surface area contributed by atoms with Crippen LogP contribution in [0.4, 0.5) is 17.1 Å². The lowest BCUT2D eigenvalue weighted by atomic mass is 9.97. The molecule has 0 unspecified atom stereocenters. The Balaban J connectivity index is 1.09. The van der Waals surface area contributed by atoms with Gasteiger partial charge in [-0.3, -0.25) is 0 Å². The van der Waals surface area contributed by atoms with Gasteiger partial charge in [0.15, 0.2) is 0 Å². The SMILES string of the molecule is c1ccc(N(c2ccccc2)c2cccc3oc4c(-c5ccc6c(c5)oc5c(-c7cccc8oc9ccccc9c78)cccc56)cccc4c23)cc1. The summed E-state index contributed by atoms with van der Waals surface area (Å²) >= 11 is 0. The van der Waals surface area contributed by atoms with Crippen molar-refractivity contribution in [1.29, 1.82) is 0 Å². The van der Waals surface area contributed by atoms with Crippen molar-refractivity contribution < 1.29 is 13.3 Å². The maximum absolute atomic E-state index is 6.79. The van der Waals surface area contributed by atoms with Crippen LogP contribution in [0.3, 0.4) is 0 Å². The minimum atomic E-state index is 0.831. The van der Waals surface area contributed by atoms with Crippen LogP contribution >= 0.6 is 0 Å². The minimum Gasteiger partial charge on any atom is -0.456 e. The monoisotopic (exact) mass is 667 g/mol. The molecule has 0 aliphatic carbocycles. The highest BCUT2D eigenvalue weighted by molar-refractivity contribution is 6.19. The Morgan fingerprint density at radius 3 is 1.71 bits per heavy atom. The molecule has 0 saturated carbocycles. The second-order valence-corrected chi connectivity index (χ2v) is 13.2. The maximum atomic E-state index is 6.79. The number of benzene rings is 8. The molecule has 4 heteroatoms. The summed E-state index contributed by atoms with van der Waals surface area (Å²) in [6, 6.07) is 61.1. The van der Waals surface area contributed by atoms with E-state index in [1.807, 2.05) is 30.3 Å². The first-order chi connectivity index (χ1) is 25.8. The van der Waals surface area contributed by atoms with Crippen LogP contribution in [0.25, 0.3) is 88.1 Å². The van der Waals surface area contributed by atoms with Crippen molar-refractivity contribution in [2.75, 3.05) is 4.90 Å². The fourth-order valence-electron chi connectivity index (χ4n) is 8.00. The molecular formula is C48H29NO3. The first kappa shape index (κ1) is 28.8. The number of hydrogen-bond donors (Lipinski definition) is 0. The Morgan fingerprint density at radius 1 is 0.327 bits per heavy atom. The van der Waals surface area contributed by atoms with Gasteiger partial charge in [0.2, 0.25) is 0 Å². The average Bonchev–Trinajstić information content (AvgIpc) is 3.90. The summed E-state index contributed by atoms with van der Waals surface area (Å²) < 4.78 is 19.8. The van der Waals surface area contributed by atoms with Gasteiger partial charge in [0.05, 0.1) is 11.1 Å². The second-order valence-electron chi connectivity index (χ2n) is 13.2. The van der Waals surface area contributed by atoms with Gasteiger partial charge < -0.3 is 18.2 Å². The molecule has 0 aliphatic heterocycles. The van der Waals surface area contributed by atoms with E-state index in [-0.39, 0.29) is 0 Å². The Kier molecular flexibility index (Phi) is 6.22. The number of para-hydroxylation sites is 5.